The highest BCUT2D eigenvalue weighted by Crippen LogP contribution is 2.33. The van der Waals surface area contributed by atoms with Gasteiger partial charge in [-0.05, 0) is 62.0 Å². The van der Waals surface area contributed by atoms with Crippen LogP contribution in [0.2, 0.25) is 0 Å². The van der Waals surface area contributed by atoms with Crippen LogP contribution in [0.15, 0.2) is 23.8 Å². The Morgan fingerprint density at radius 3 is 2.39 bits per heavy atom. The van der Waals surface area contributed by atoms with Crippen molar-refractivity contribution in [3.05, 3.63) is 29.3 Å². The monoisotopic (exact) mass is 316 g/mol. The minimum Gasteiger partial charge on any atom is -0.493 e. The number of carbonyl (C=O) groups excluding carboxylic acids is 1. The maximum Gasteiger partial charge on any atom is 0.163 e. The third kappa shape index (κ3) is 4.60. The van der Waals surface area contributed by atoms with E-state index in [1.54, 1.807) is 7.11 Å². The van der Waals surface area contributed by atoms with Gasteiger partial charge < -0.3 is 9.47 Å². The second-order valence-corrected chi connectivity index (χ2v) is 7.34. The first-order valence-corrected chi connectivity index (χ1v) is 8.39. The van der Waals surface area contributed by atoms with Crippen LogP contribution in [0.4, 0.5) is 0 Å². The van der Waals surface area contributed by atoms with Gasteiger partial charge in [0.2, 0.25) is 0 Å². The first-order chi connectivity index (χ1) is 10.8. The van der Waals surface area contributed by atoms with Crippen molar-refractivity contribution in [3.63, 3.8) is 0 Å². The summed E-state index contributed by atoms with van der Waals surface area (Å²) in [6.45, 7) is 7.69. The number of ether oxygens (including phenoxy) is 2. The summed E-state index contributed by atoms with van der Waals surface area (Å²) in [6.07, 6.45) is 6.86. The summed E-state index contributed by atoms with van der Waals surface area (Å²) in [6, 6.07) is 5.83. The number of allylic oxidation sites excluding steroid dienone is 1. The minimum atomic E-state index is -0.365. The molecule has 0 N–H and O–H groups in total. The van der Waals surface area contributed by atoms with Crippen LogP contribution in [-0.2, 0) is 4.79 Å². The Morgan fingerprint density at radius 2 is 1.83 bits per heavy atom. The summed E-state index contributed by atoms with van der Waals surface area (Å²) in [4.78, 5) is 12.3. The summed E-state index contributed by atoms with van der Waals surface area (Å²) in [7, 11) is 1.65. The van der Waals surface area contributed by atoms with Crippen molar-refractivity contribution >= 4 is 11.9 Å². The molecule has 1 fully saturated rings. The molecule has 2 rings (SSSR count). The van der Waals surface area contributed by atoms with E-state index >= 15 is 0 Å². The molecule has 1 aromatic carbocycles. The van der Waals surface area contributed by atoms with Crippen LogP contribution < -0.4 is 9.47 Å². The molecule has 0 atom stereocenters. The van der Waals surface area contributed by atoms with Gasteiger partial charge in [-0.1, -0.05) is 26.8 Å². The number of benzene rings is 1. The van der Waals surface area contributed by atoms with Gasteiger partial charge in [0.1, 0.15) is 0 Å². The van der Waals surface area contributed by atoms with Crippen LogP contribution >= 0.6 is 0 Å². The smallest absolute Gasteiger partial charge is 0.163 e. The fourth-order valence-corrected chi connectivity index (χ4v) is 2.97. The molecule has 3 heteroatoms. The van der Waals surface area contributed by atoms with Crippen molar-refractivity contribution in [1.82, 2.24) is 0 Å². The van der Waals surface area contributed by atoms with Crippen molar-refractivity contribution in [2.24, 2.45) is 5.41 Å². The first-order valence-electron chi connectivity index (χ1n) is 8.39. The predicted molar refractivity (Wildman–Crippen MR) is 94.0 cm³/mol. The summed E-state index contributed by atoms with van der Waals surface area (Å²) >= 11 is 0. The summed E-state index contributed by atoms with van der Waals surface area (Å²) in [5, 5.41) is 0. The Balaban J connectivity index is 2.24. The lowest BCUT2D eigenvalue weighted by atomic mass is 9.86. The highest BCUT2D eigenvalue weighted by atomic mass is 16.5. The van der Waals surface area contributed by atoms with Crippen molar-refractivity contribution in [3.8, 4) is 11.5 Å². The van der Waals surface area contributed by atoms with Crippen molar-refractivity contribution < 1.29 is 14.3 Å². The van der Waals surface area contributed by atoms with E-state index in [4.69, 9.17) is 9.47 Å². The quantitative estimate of drug-likeness (QED) is 0.714. The van der Waals surface area contributed by atoms with Crippen LogP contribution in [-0.4, -0.2) is 19.0 Å². The second-order valence-electron chi connectivity index (χ2n) is 7.34. The molecule has 0 heterocycles. The van der Waals surface area contributed by atoms with Crippen LogP contribution in [0.25, 0.3) is 6.08 Å². The fraction of sp³-hybridized carbons (Fsp3) is 0.550. The normalized spacial score (nSPS) is 16.5. The van der Waals surface area contributed by atoms with Crippen molar-refractivity contribution in [2.75, 3.05) is 7.11 Å². The molecule has 0 radical (unpaired) electrons. The van der Waals surface area contributed by atoms with Crippen molar-refractivity contribution in [1.29, 1.82) is 0 Å². The number of rotatable bonds is 5. The van der Waals surface area contributed by atoms with Crippen molar-refractivity contribution in [2.45, 2.75) is 59.5 Å². The predicted octanol–water partition coefficient (Wildman–Crippen LogP) is 5.04. The zero-order valence-corrected chi connectivity index (χ0v) is 14.9. The van der Waals surface area contributed by atoms with Gasteiger partial charge >= 0.3 is 0 Å². The molecule has 126 valence electrons. The van der Waals surface area contributed by atoms with Crippen LogP contribution in [0.5, 0.6) is 11.5 Å². The molecule has 0 bridgehead atoms. The SMILES string of the molecule is COc1ccc(C=C(C)C(=O)C(C)(C)C)cc1OC1CCCC1. The molecular weight excluding hydrogens is 288 g/mol. The summed E-state index contributed by atoms with van der Waals surface area (Å²) in [5.41, 5.74) is 1.36. The molecule has 1 aliphatic rings. The average Bonchev–Trinajstić information content (AvgIpc) is 2.98. The Morgan fingerprint density at radius 1 is 1.17 bits per heavy atom. The third-order valence-electron chi connectivity index (χ3n) is 4.21. The first kappa shape index (κ1) is 17.6. The van der Waals surface area contributed by atoms with Crippen LogP contribution in [0, 0.1) is 5.41 Å². The molecular formula is C20H28O3. The van der Waals surface area contributed by atoms with Crippen LogP contribution in [0.3, 0.4) is 0 Å². The standard InChI is InChI=1S/C20H28O3/c1-14(19(21)20(2,3)4)12-15-10-11-17(22-5)18(13-15)23-16-8-6-7-9-16/h10-13,16H,6-9H2,1-5H3. The Kier molecular flexibility index (Phi) is 5.51. The molecule has 0 aliphatic heterocycles. The molecule has 3 nitrogen and oxygen atoms in total. The van der Waals surface area contributed by atoms with Gasteiger partial charge in [-0.3, -0.25) is 4.79 Å². The summed E-state index contributed by atoms with van der Waals surface area (Å²) in [5.74, 6) is 1.67. The molecule has 1 aromatic rings. The average molecular weight is 316 g/mol. The van der Waals surface area contributed by atoms with E-state index in [1.165, 1.54) is 12.8 Å². The van der Waals surface area contributed by atoms with Gasteiger partial charge in [0.15, 0.2) is 17.3 Å². The Bertz CT molecular complexity index is 587. The molecule has 0 saturated heterocycles. The molecule has 0 spiro atoms. The van der Waals surface area contributed by atoms with Gasteiger partial charge in [-0.2, -0.15) is 0 Å². The molecule has 1 saturated carbocycles. The minimum absolute atomic E-state index is 0.159. The topological polar surface area (TPSA) is 35.5 Å². The zero-order chi connectivity index (χ0) is 17.0. The number of carbonyl (C=O) groups is 1. The van der Waals surface area contributed by atoms with E-state index in [0.717, 1.165) is 35.5 Å². The summed E-state index contributed by atoms with van der Waals surface area (Å²) < 4.78 is 11.5. The van der Waals surface area contributed by atoms with Gasteiger partial charge in [0.25, 0.3) is 0 Å². The lowest BCUT2D eigenvalue weighted by Gasteiger charge is -2.18. The second kappa shape index (κ2) is 7.20. The largest absolute Gasteiger partial charge is 0.493 e. The molecule has 0 unspecified atom stereocenters. The van der Waals surface area contributed by atoms with Gasteiger partial charge in [-0.25, -0.2) is 0 Å². The molecule has 0 amide bonds. The Hall–Kier alpha value is -1.77. The van der Waals surface area contributed by atoms with E-state index in [1.807, 2.05) is 52.0 Å². The maximum atomic E-state index is 12.3. The molecule has 0 aromatic heterocycles. The van der Waals surface area contributed by atoms with E-state index < -0.39 is 0 Å². The number of Topliss-reactive ketones (excluding diaryl/α,β-unsaturated/α-hetero) is 1. The lowest BCUT2D eigenvalue weighted by molar-refractivity contribution is -0.122. The number of hydrogen-bond donors (Lipinski definition) is 0. The molecule has 1 aliphatic carbocycles. The van der Waals surface area contributed by atoms with E-state index in [-0.39, 0.29) is 17.3 Å². The number of methoxy groups -OCH3 is 1. The zero-order valence-electron chi connectivity index (χ0n) is 14.9. The number of ketones is 1. The van der Waals surface area contributed by atoms with E-state index in [0.29, 0.717) is 0 Å². The fourth-order valence-electron chi connectivity index (χ4n) is 2.97. The third-order valence-corrected chi connectivity index (χ3v) is 4.21. The van der Waals surface area contributed by atoms with Gasteiger partial charge in [0.05, 0.1) is 13.2 Å². The maximum absolute atomic E-state index is 12.3. The van der Waals surface area contributed by atoms with Gasteiger partial charge in [0, 0.05) is 5.41 Å². The van der Waals surface area contributed by atoms with Gasteiger partial charge in [-0.15, -0.1) is 0 Å². The van der Waals surface area contributed by atoms with Crippen LogP contribution in [0.1, 0.15) is 58.9 Å². The molecule has 23 heavy (non-hydrogen) atoms. The van der Waals surface area contributed by atoms with E-state index in [9.17, 15) is 4.79 Å². The Labute approximate surface area is 139 Å². The lowest BCUT2D eigenvalue weighted by Crippen LogP contribution is -2.20. The number of hydrogen-bond acceptors (Lipinski definition) is 3. The highest BCUT2D eigenvalue weighted by Gasteiger charge is 2.22. The highest BCUT2D eigenvalue weighted by molar-refractivity contribution is 6.02. The van der Waals surface area contributed by atoms with E-state index in [2.05, 4.69) is 0 Å².